The van der Waals surface area contributed by atoms with E-state index in [1.807, 2.05) is 49.9 Å². The van der Waals surface area contributed by atoms with Crippen molar-refractivity contribution in [2.75, 3.05) is 18.0 Å². The molecule has 1 aliphatic rings. The fourth-order valence-corrected chi connectivity index (χ4v) is 4.38. The molecule has 0 aliphatic carbocycles. The van der Waals surface area contributed by atoms with Gasteiger partial charge in [0.15, 0.2) is 0 Å². The van der Waals surface area contributed by atoms with E-state index in [2.05, 4.69) is 0 Å². The summed E-state index contributed by atoms with van der Waals surface area (Å²) in [7, 11) is 0. The van der Waals surface area contributed by atoms with Crippen molar-refractivity contribution in [2.24, 2.45) is 0 Å². The van der Waals surface area contributed by atoms with E-state index in [1.165, 1.54) is 17.8 Å². The highest BCUT2D eigenvalue weighted by molar-refractivity contribution is 7.99. The predicted molar refractivity (Wildman–Crippen MR) is 102 cm³/mol. The molecule has 0 aromatic heterocycles. The van der Waals surface area contributed by atoms with Gasteiger partial charge in [-0.1, -0.05) is 37.7 Å². The van der Waals surface area contributed by atoms with Crippen molar-refractivity contribution in [1.29, 1.82) is 0 Å². The maximum absolute atomic E-state index is 13.3. The van der Waals surface area contributed by atoms with Crippen LogP contribution in [0.5, 0.6) is 0 Å². The number of fused-ring (bicyclic) bond motifs is 2. The summed E-state index contributed by atoms with van der Waals surface area (Å²) in [5.41, 5.74) is 0.492. The monoisotopic (exact) mass is 394 g/mol. The quantitative estimate of drug-likeness (QED) is 0.678. The molecule has 3 nitrogen and oxygen atoms in total. The van der Waals surface area contributed by atoms with Crippen molar-refractivity contribution >= 4 is 29.0 Å². The highest BCUT2D eigenvalue weighted by Crippen LogP contribution is 2.49. The lowest BCUT2D eigenvalue weighted by atomic mass is 10.1. The third kappa shape index (κ3) is 3.71. The van der Waals surface area contributed by atoms with Crippen molar-refractivity contribution < 1.29 is 18.0 Å². The van der Waals surface area contributed by atoms with E-state index in [-0.39, 0.29) is 11.9 Å². The zero-order valence-corrected chi connectivity index (χ0v) is 16.2. The first-order valence-corrected chi connectivity index (χ1v) is 9.65. The number of hydrogen-bond acceptors (Lipinski definition) is 3. The Balaban J connectivity index is 2.10. The number of benzene rings is 2. The molecular weight excluding hydrogens is 373 g/mol. The predicted octanol–water partition coefficient (Wildman–Crippen LogP) is 5.57. The molecule has 0 radical (unpaired) electrons. The van der Waals surface area contributed by atoms with E-state index in [0.29, 0.717) is 29.4 Å². The summed E-state index contributed by atoms with van der Waals surface area (Å²) in [6.07, 6.45) is -4.42. The van der Waals surface area contributed by atoms with Crippen LogP contribution in [0.25, 0.3) is 0 Å². The van der Waals surface area contributed by atoms with Crippen LogP contribution in [-0.2, 0) is 11.0 Å². The van der Waals surface area contributed by atoms with Gasteiger partial charge in [0.1, 0.15) is 0 Å². The highest BCUT2D eigenvalue weighted by atomic mass is 32.2. The number of hydrogen-bond donors (Lipinski definition) is 0. The molecule has 1 atom stereocenters. The Bertz CT molecular complexity index is 849. The molecule has 0 bridgehead atoms. The minimum absolute atomic E-state index is 0.146. The van der Waals surface area contributed by atoms with Gasteiger partial charge in [0.2, 0.25) is 5.91 Å². The lowest BCUT2D eigenvalue weighted by Gasteiger charge is -2.35. The van der Waals surface area contributed by atoms with Gasteiger partial charge < -0.3 is 0 Å². The second-order valence-corrected chi connectivity index (χ2v) is 7.40. The Kier molecular flexibility index (Phi) is 5.53. The summed E-state index contributed by atoms with van der Waals surface area (Å²) in [4.78, 5) is 18.1. The van der Waals surface area contributed by atoms with Crippen LogP contribution in [-0.4, -0.2) is 29.9 Å². The molecule has 1 amide bonds. The minimum Gasteiger partial charge on any atom is -0.293 e. The van der Waals surface area contributed by atoms with Crippen LogP contribution in [0.3, 0.4) is 0 Å². The highest BCUT2D eigenvalue weighted by Gasteiger charge is 2.36. The van der Waals surface area contributed by atoms with E-state index >= 15 is 0 Å². The van der Waals surface area contributed by atoms with Gasteiger partial charge >= 0.3 is 6.18 Å². The first-order chi connectivity index (χ1) is 12.8. The van der Waals surface area contributed by atoms with Gasteiger partial charge in [0.05, 0.1) is 23.0 Å². The Hall–Kier alpha value is -1.99. The van der Waals surface area contributed by atoms with Gasteiger partial charge in [0, 0.05) is 9.79 Å². The van der Waals surface area contributed by atoms with Crippen LogP contribution in [0, 0.1) is 0 Å². The molecule has 0 fully saturated rings. The number of rotatable bonds is 4. The van der Waals surface area contributed by atoms with Crippen LogP contribution in [0.2, 0.25) is 0 Å². The molecule has 2 aromatic carbocycles. The lowest BCUT2D eigenvalue weighted by Crippen LogP contribution is -2.46. The number of nitrogens with zero attached hydrogens (tertiary/aromatic N) is 2. The number of halogens is 3. The van der Waals surface area contributed by atoms with Crippen LogP contribution < -0.4 is 4.90 Å². The maximum atomic E-state index is 13.3. The average molecular weight is 394 g/mol. The summed E-state index contributed by atoms with van der Waals surface area (Å²) < 4.78 is 39.4. The van der Waals surface area contributed by atoms with Crippen LogP contribution >= 0.6 is 11.8 Å². The van der Waals surface area contributed by atoms with Crippen molar-refractivity contribution in [3.8, 4) is 0 Å². The van der Waals surface area contributed by atoms with E-state index in [9.17, 15) is 18.0 Å². The average Bonchev–Trinajstić information content (AvgIpc) is 2.65. The number of likely N-dealkylation sites (N-methyl/N-ethyl adjacent to an activating group) is 1. The molecule has 3 rings (SSSR count). The third-order valence-electron chi connectivity index (χ3n) is 4.79. The molecule has 7 heteroatoms. The summed E-state index contributed by atoms with van der Waals surface area (Å²) in [5, 5.41) is 0. The first-order valence-electron chi connectivity index (χ1n) is 8.84. The van der Waals surface area contributed by atoms with Gasteiger partial charge in [0.25, 0.3) is 0 Å². The Morgan fingerprint density at radius 1 is 1.07 bits per heavy atom. The van der Waals surface area contributed by atoms with Crippen molar-refractivity contribution in [2.45, 2.75) is 42.8 Å². The topological polar surface area (TPSA) is 23.6 Å². The normalized spacial score (nSPS) is 14.7. The Labute approximate surface area is 161 Å². The van der Waals surface area contributed by atoms with Crippen molar-refractivity contribution in [1.82, 2.24) is 4.90 Å². The second-order valence-electron chi connectivity index (χ2n) is 6.32. The maximum Gasteiger partial charge on any atom is 0.416 e. The minimum atomic E-state index is -4.42. The third-order valence-corrected chi connectivity index (χ3v) is 5.90. The van der Waals surface area contributed by atoms with Crippen LogP contribution in [0.15, 0.2) is 52.3 Å². The number of para-hydroxylation sites is 1. The molecule has 1 heterocycles. The smallest absolute Gasteiger partial charge is 0.293 e. The molecule has 27 heavy (non-hydrogen) atoms. The fourth-order valence-electron chi connectivity index (χ4n) is 3.29. The van der Waals surface area contributed by atoms with Crippen molar-refractivity contribution in [3.05, 3.63) is 48.0 Å². The zero-order chi connectivity index (χ0) is 19.8. The van der Waals surface area contributed by atoms with E-state index < -0.39 is 11.7 Å². The molecule has 1 aliphatic heterocycles. The summed E-state index contributed by atoms with van der Waals surface area (Å²) in [6, 6.07) is 10.5. The van der Waals surface area contributed by atoms with Crippen LogP contribution in [0.4, 0.5) is 24.5 Å². The zero-order valence-electron chi connectivity index (χ0n) is 15.4. The summed E-state index contributed by atoms with van der Waals surface area (Å²) >= 11 is 1.26. The number of amides is 1. The van der Waals surface area contributed by atoms with Crippen molar-refractivity contribution in [3.63, 3.8) is 0 Å². The largest absolute Gasteiger partial charge is 0.416 e. The number of carbonyl (C=O) groups is 1. The van der Waals surface area contributed by atoms with E-state index in [0.717, 1.165) is 17.0 Å². The molecule has 144 valence electrons. The number of alkyl halides is 3. The molecule has 1 unspecified atom stereocenters. The first kappa shape index (κ1) is 19.8. The molecular formula is C20H21F3N2OS. The SMILES string of the molecule is CCN(CC)C(C)C(=O)N1c2ccccc2Sc2cc(C(F)(F)F)ccc21. The Morgan fingerprint density at radius 2 is 1.70 bits per heavy atom. The van der Waals surface area contributed by atoms with Gasteiger partial charge in [-0.05, 0) is 50.3 Å². The summed E-state index contributed by atoms with van der Waals surface area (Å²) in [6.45, 7) is 7.23. The number of carbonyl (C=O) groups excluding carboxylic acids is 1. The van der Waals surface area contributed by atoms with Gasteiger partial charge in [-0.2, -0.15) is 13.2 Å². The van der Waals surface area contributed by atoms with Crippen LogP contribution in [0.1, 0.15) is 26.3 Å². The second kappa shape index (κ2) is 7.56. The van der Waals surface area contributed by atoms with Gasteiger partial charge in [-0.25, -0.2) is 0 Å². The lowest BCUT2D eigenvalue weighted by molar-refractivity contribution is -0.137. The fraction of sp³-hybridized carbons (Fsp3) is 0.350. The van der Waals surface area contributed by atoms with E-state index in [1.54, 1.807) is 4.90 Å². The molecule has 0 saturated carbocycles. The molecule has 2 aromatic rings. The van der Waals surface area contributed by atoms with Gasteiger partial charge in [-0.3, -0.25) is 14.6 Å². The standard InChI is InChI=1S/C20H21F3N2OS/c1-4-24(5-2)13(3)19(26)25-15-8-6-7-9-17(15)27-18-12-14(20(21,22)23)10-11-16(18)25/h6-13H,4-5H2,1-3H3. The van der Waals surface area contributed by atoms with Gasteiger partial charge in [-0.15, -0.1) is 0 Å². The summed E-state index contributed by atoms with van der Waals surface area (Å²) in [5.74, 6) is -0.146. The number of anilines is 2. The molecule has 0 spiro atoms. The van der Waals surface area contributed by atoms with E-state index in [4.69, 9.17) is 0 Å². The molecule has 0 saturated heterocycles. The molecule has 0 N–H and O–H groups in total. The Morgan fingerprint density at radius 3 is 2.33 bits per heavy atom.